The molecular weight excluding hydrogens is 330 g/mol. The highest BCUT2D eigenvalue weighted by Gasteiger charge is 2.48. The molecule has 1 spiro atoms. The van der Waals surface area contributed by atoms with Crippen LogP contribution in [0.15, 0.2) is 35.7 Å². The maximum atomic E-state index is 13.2. The van der Waals surface area contributed by atoms with Crippen molar-refractivity contribution < 1.29 is 4.79 Å². The van der Waals surface area contributed by atoms with Crippen molar-refractivity contribution in [2.24, 2.45) is 5.41 Å². The van der Waals surface area contributed by atoms with Crippen LogP contribution >= 0.6 is 11.3 Å². The van der Waals surface area contributed by atoms with Gasteiger partial charge in [0, 0.05) is 30.2 Å². The predicted molar refractivity (Wildman–Crippen MR) is 100 cm³/mol. The number of piperidine rings is 1. The molecule has 2 aliphatic rings. The molecule has 0 N–H and O–H groups in total. The molecule has 1 amide bonds. The normalized spacial score (nSPS) is 24.4. The number of carbonyl (C=O) groups is 1. The van der Waals surface area contributed by atoms with E-state index in [1.54, 1.807) is 11.3 Å². The van der Waals surface area contributed by atoms with E-state index in [0.29, 0.717) is 12.5 Å². The van der Waals surface area contributed by atoms with E-state index in [0.717, 1.165) is 56.8 Å². The zero-order valence-electron chi connectivity index (χ0n) is 14.8. The van der Waals surface area contributed by atoms with Crippen molar-refractivity contribution in [1.82, 2.24) is 14.8 Å². The molecule has 0 radical (unpaired) electrons. The number of aryl methyl sites for hydroxylation is 1. The molecule has 2 aliphatic heterocycles. The van der Waals surface area contributed by atoms with Crippen LogP contribution in [0, 0.1) is 12.3 Å². The number of rotatable bonds is 4. The fraction of sp³-hybridized carbons (Fsp3) is 0.500. The Morgan fingerprint density at radius 3 is 2.88 bits per heavy atom. The highest BCUT2D eigenvalue weighted by atomic mass is 32.1. The molecular formula is C20H25N3OS. The van der Waals surface area contributed by atoms with Gasteiger partial charge in [-0.2, -0.15) is 0 Å². The zero-order chi connectivity index (χ0) is 17.3. The van der Waals surface area contributed by atoms with Crippen molar-refractivity contribution in [2.75, 3.05) is 19.6 Å². The monoisotopic (exact) mass is 355 g/mol. The number of pyridine rings is 1. The van der Waals surface area contributed by atoms with Crippen molar-refractivity contribution >= 4 is 17.2 Å². The summed E-state index contributed by atoms with van der Waals surface area (Å²) < 4.78 is 0. The fourth-order valence-electron chi connectivity index (χ4n) is 4.29. The molecule has 25 heavy (non-hydrogen) atoms. The molecule has 1 atom stereocenters. The van der Waals surface area contributed by atoms with Crippen LogP contribution in [-0.4, -0.2) is 40.3 Å². The van der Waals surface area contributed by atoms with Gasteiger partial charge in [0.1, 0.15) is 0 Å². The van der Waals surface area contributed by atoms with E-state index in [1.807, 2.05) is 30.0 Å². The first-order valence-corrected chi connectivity index (χ1v) is 9.99. The number of hydrogen-bond acceptors (Lipinski definition) is 4. The van der Waals surface area contributed by atoms with E-state index in [4.69, 9.17) is 0 Å². The lowest BCUT2D eigenvalue weighted by Gasteiger charge is -2.38. The van der Waals surface area contributed by atoms with Crippen LogP contribution in [0.2, 0.25) is 0 Å². The Kier molecular flexibility index (Phi) is 4.61. The maximum Gasteiger partial charge on any atom is 0.230 e. The molecule has 0 aliphatic carbocycles. The molecule has 2 aromatic heterocycles. The summed E-state index contributed by atoms with van der Waals surface area (Å²) in [6.07, 6.45) is 3.14. The molecule has 2 saturated heterocycles. The minimum atomic E-state index is -0.167. The summed E-state index contributed by atoms with van der Waals surface area (Å²) in [4.78, 5) is 23.7. The number of amides is 1. The molecule has 2 aromatic rings. The fourth-order valence-corrected chi connectivity index (χ4v) is 5.04. The van der Waals surface area contributed by atoms with Crippen LogP contribution in [0.1, 0.15) is 35.5 Å². The maximum absolute atomic E-state index is 13.2. The van der Waals surface area contributed by atoms with Crippen molar-refractivity contribution in [3.8, 4) is 0 Å². The minimum Gasteiger partial charge on any atom is -0.336 e. The number of nitrogens with zero attached hydrogens (tertiary/aromatic N) is 3. The summed E-state index contributed by atoms with van der Waals surface area (Å²) in [7, 11) is 0. The number of likely N-dealkylation sites (tertiary alicyclic amines) is 2. The Balaban J connectivity index is 1.44. The summed E-state index contributed by atoms with van der Waals surface area (Å²) >= 11 is 1.81. The Morgan fingerprint density at radius 1 is 1.16 bits per heavy atom. The van der Waals surface area contributed by atoms with Gasteiger partial charge in [-0.05, 0) is 56.3 Å². The second-order valence-corrected chi connectivity index (χ2v) is 8.45. The third-order valence-corrected chi connectivity index (χ3v) is 6.38. The number of thiophene rings is 1. The second-order valence-electron chi connectivity index (χ2n) is 7.42. The number of hydrogen-bond donors (Lipinski definition) is 0. The average molecular weight is 356 g/mol. The minimum absolute atomic E-state index is 0.167. The van der Waals surface area contributed by atoms with Gasteiger partial charge in [-0.1, -0.05) is 12.1 Å². The van der Waals surface area contributed by atoms with Crippen LogP contribution in [0.5, 0.6) is 0 Å². The van der Waals surface area contributed by atoms with Gasteiger partial charge >= 0.3 is 0 Å². The third-order valence-electron chi connectivity index (χ3n) is 5.52. The number of aromatic nitrogens is 1. The summed E-state index contributed by atoms with van der Waals surface area (Å²) in [5, 5.41) is 2.13. The van der Waals surface area contributed by atoms with Crippen molar-refractivity contribution in [3.05, 3.63) is 52.0 Å². The first kappa shape index (κ1) is 16.7. The molecule has 2 fully saturated rings. The topological polar surface area (TPSA) is 36.4 Å². The zero-order valence-corrected chi connectivity index (χ0v) is 15.6. The lowest BCUT2D eigenvalue weighted by Crippen LogP contribution is -2.47. The Hall–Kier alpha value is -1.72. The van der Waals surface area contributed by atoms with Gasteiger partial charge in [0.2, 0.25) is 5.91 Å². The lowest BCUT2D eigenvalue weighted by atomic mass is 9.78. The molecule has 4 nitrogen and oxygen atoms in total. The molecule has 0 bridgehead atoms. The highest BCUT2D eigenvalue weighted by molar-refractivity contribution is 7.09. The van der Waals surface area contributed by atoms with Crippen molar-refractivity contribution in [2.45, 2.75) is 39.3 Å². The van der Waals surface area contributed by atoms with E-state index in [9.17, 15) is 4.79 Å². The van der Waals surface area contributed by atoms with E-state index in [-0.39, 0.29) is 5.41 Å². The van der Waals surface area contributed by atoms with E-state index < -0.39 is 0 Å². The smallest absolute Gasteiger partial charge is 0.230 e. The average Bonchev–Trinajstić information content (AvgIpc) is 3.20. The van der Waals surface area contributed by atoms with Crippen LogP contribution < -0.4 is 0 Å². The first-order chi connectivity index (χ1) is 12.1. The summed E-state index contributed by atoms with van der Waals surface area (Å²) in [5.74, 6) is 0.340. The largest absolute Gasteiger partial charge is 0.336 e. The molecule has 0 unspecified atom stereocenters. The van der Waals surface area contributed by atoms with Crippen LogP contribution in [0.25, 0.3) is 0 Å². The van der Waals surface area contributed by atoms with E-state index in [2.05, 4.69) is 27.4 Å². The Morgan fingerprint density at radius 2 is 2.08 bits per heavy atom. The summed E-state index contributed by atoms with van der Waals surface area (Å²) in [6.45, 7) is 6.49. The van der Waals surface area contributed by atoms with Gasteiger partial charge in [-0.25, -0.2) is 0 Å². The van der Waals surface area contributed by atoms with Crippen molar-refractivity contribution in [1.29, 1.82) is 0 Å². The van der Waals surface area contributed by atoms with Gasteiger partial charge < -0.3 is 4.90 Å². The van der Waals surface area contributed by atoms with E-state index >= 15 is 0 Å². The quantitative estimate of drug-likeness (QED) is 0.843. The molecule has 0 aromatic carbocycles. The van der Waals surface area contributed by atoms with Gasteiger partial charge in [-0.15, -0.1) is 11.3 Å². The summed E-state index contributed by atoms with van der Waals surface area (Å²) in [6, 6.07) is 10.3. The summed E-state index contributed by atoms with van der Waals surface area (Å²) in [5.41, 5.74) is 1.84. The molecule has 0 saturated carbocycles. The van der Waals surface area contributed by atoms with E-state index in [1.165, 1.54) is 4.88 Å². The van der Waals surface area contributed by atoms with Gasteiger partial charge in [0.25, 0.3) is 0 Å². The van der Waals surface area contributed by atoms with Crippen molar-refractivity contribution in [3.63, 3.8) is 0 Å². The lowest BCUT2D eigenvalue weighted by molar-refractivity contribution is -0.139. The van der Waals surface area contributed by atoms with Crippen LogP contribution in [-0.2, 0) is 17.9 Å². The Labute approximate surface area is 153 Å². The van der Waals surface area contributed by atoms with Crippen LogP contribution in [0.3, 0.4) is 0 Å². The predicted octanol–water partition coefficient (Wildman–Crippen LogP) is 3.47. The standard InChI is InChI=1S/C20H25N3OS/c1-16-5-2-6-17(21-16)13-23-11-9-20(19(23)24)8-4-10-22(15-20)14-18-7-3-12-25-18/h2-3,5-7,12H,4,8-11,13-15H2,1H3/t20-/m1/s1. The molecule has 5 heteroatoms. The SMILES string of the molecule is Cc1cccc(CN2CC[C@@]3(CCCN(Cc4cccs4)C3)C2=O)n1. The molecule has 4 rings (SSSR count). The molecule has 4 heterocycles. The molecule has 132 valence electrons. The van der Waals surface area contributed by atoms with Crippen LogP contribution in [0.4, 0.5) is 0 Å². The number of carbonyl (C=O) groups excluding carboxylic acids is 1. The Bertz CT molecular complexity index is 745. The second kappa shape index (κ2) is 6.89. The highest BCUT2D eigenvalue weighted by Crippen LogP contribution is 2.41. The van der Waals surface area contributed by atoms with Gasteiger partial charge in [0.05, 0.1) is 17.7 Å². The van der Waals surface area contributed by atoms with Gasteiger partial charge in [-0.3, -0.25) is 14.7 Å². The third kappa shape index (κ3) is 3.48. The first-order valence-electron chi connectivity index (χ1n) is 9.11. The van der Waals surface area contributed by atoms with Gasteiger partial charge in [0.15, 0.2) is 0 Å².